The number of benzene rings is 1. The molecule has 5 heteroatoms. The number of furan rings is 1. The molecule has 1 aromatic carbocycles. The van der Waals surface area contributed by atoms with Gasteiger partial charge in [0.1, 0.15) is 0 Å². The van der Waals surface area contributed by atoms with Crippen molar-refractivity contribution in [1.82, 2.24) is 0 Å². The van der Waals surface area contributed by atoms with E-state index in [0.717, 1.165) is 4.47 Å². The second-order valence-corrected chi connectivity index (χ2v) is 5.17. The normalized spacial score (nSPS) is 10.4. The number of hydrogen-bond donors (Lipinski definition) is 0. The van der Waals surface area contributed by atoms with Gasteiger partial charge in [0.2, 0.25) is 5.78 Å². The van der Waals surface area contributed by atoms with Crippen molar-refractivity contribution in [3.63, 3.8) is 0 Å². The van der Waals surface area contributed by atoms with Crippen LogP contribution < -0.4 is 0 Å². The van der Waals surface area contributed by atoms with Crippen molar-refractivity contribution >= 4 is 49.2 Å². The highest BCUT2D eigenvalue weighted by Crippen LogP contribution is 2.26. The van der Waals surface area contributed by atoms with Crippen molar-refractivity contribution in [2.45, 2.75) is 0 Å². The van der Waals surface area contributed by atoms with Crippen molar-refractivity contribution < 1.29 is 9.21 Å². The lowest BCUT2D eigenvalue weighted by Gasteiger charge is -2.01. The second-order valence-electron chi connectivity index (χ2n) is 3.06. The van der Waals surface area contributed by atoms with Gasteiger partial charge in [-0.25, -0.2) is 0 Å². The molecule has 16 heavy (non-hydrogen) atoms. The first-order valence-corrected chi connectivity index (χ1v) is 6.28. The average molecular weight is 364 g/mol. The van der Waals surface area contributed by atoms with E-state index in [0.29, 0.717) is 15.1 Å². The minimum atomic E-state index is -0.203. The summed E-state index contributed by atoms with van der Waals surface area (Å²) in [6.45, 7) is 0. The van der Waals surface area contributed by atoms with Gasteiger partial charge in [-0.15, -0.1) is 0 Å². The van der Waals surface area contributed by atoms with Crippen LogP contribution in [-0.2, 0) is 0 Å². The SMILES string of the molecule is O=C(c1ccc(Br)c(Cl)c1)c1occc1Br. The van der Waals surface area contributed by atoms with E-state index in [4.69, 9.17) is 16.0 Å². The summed E-state index contributed by atoms with van der Waals surface area (Å²) in [6, 6.07) is 6.69. The maximum atomic E-state index is 12.0. The lowest BCUT2D eigenvalue weighted by Crippen LogP contribution is -2.00. The van der Waals surface area contributed by atoms with Crippen molar-refractivity contribution in [3.8, 4) is 0 Å². The summed E-state index contributed by atoms with van der Waals surface area (Å²) in [4.78, 5) is 12.0. The lowest BCUT2D eigenvalue weighted by molar-refractivity contribution is 0.101. The minimum Gasteiger partial charge on any atom is -0.460 e. The molecule has 0 saturated heterocycles. The predicted molar refractivity (Wildman–Crippen MR) is 69.0 cm³/mol. The van der Waals surface area contributed by atoms with E-state index in [2.05, 4.69) is 31.9 Å². The van der Waals surface area contributed by atoms with Crippen LogP contribution in [0.5, 0.6) is 0 Å². The van der Waals surface area contributed by atoms with E-state index in [9.17, 15) is 4.79 Å². The number of hydrogen-bond acceptors (Lipinski definition) is 2. The molecule has 0 aliphatic heterocycles. The molecule has 2 rings (SSSR count). The Kier molecular flexibility index (Phi) is 3.52. The third-order valence-corrected chi connectivity index (χ3v) is 3.86. The summed E-state index contributed by atoms with van der Waals surface area (Å²) in [5, 5.41) is 0.494. The number of ketones is 1. The van der Waals surface area contributed by atoms with Gasteiger partial charge >= 0.3 is 0 Å². The van der Waals surface area contributed by atoms with Gasteiger partial charge in [-0.05, 0) is 56.1 Å². The molecule has 1 heterocycles. The van der Waals surface area contributed by atoms with E-state index in [1.165, 1.54) is 6.26 Å². The molecule has 82 valence electrons. The van der Waals surface area contributed by atoms with E-state index in [1.54, 1.807) is 24.3 Å². The third-order valence-electron chi connectivity index (χ3n) is 2.01. The molecule has 0 amide bonds. The Morgan fingerprint density at radius 3 is 2.50 bits per heavy atom. The molecule has 0 atom stereocenters. The zero-order valence-corrected chi connectivity index (χ0v) is 11.8. The van der Waals surface area contributed by atoms with Gasteiger partial charge in [0, 0.05) is 10.0 Å². The van der Waals surface area contributed by atoms with E-state index in [-0.39, 0.29) is 11.5 Å². The third kappa shape index (κ3) is 2.24. The number of rotatable bonds is 2. The molecule has 0 saturated carbocycles. The molecule has 0 fully saturated rings. The first kappa shape index (κ1) is 11.9. The summed E-state index contributed by atoms with van der Waals surface area (Å²) >= 11 is 12.4. The zero-order chi connectivity index (χ0) is 11.7. The highest BCUT2D eigenvalue weighted by atomic mass is 79.9. The second kappa shape index (κ2) is 4.73. The van der Waals surface area contributed by atoms with Gasteiger partial charge in [0.05, 0.1) is 15.8 Å². The van der Waals surface area contributed by atoms with Gasteiger partial charge in [-0.3, -0.25) is 4.79 Å². The summed E-state index contributed by atoms with van der Waals surface area (Å²) in [5.41, 5.74) is 0.490. The molecule has 0 aliphatic rings. The fraction of sp³-hybridized carbons (Fsp3) is 0. The van der Waals surface area contributed by atoms with Crippen LogP contribution >= 0.6 is 43.5 Å². The molecule has 2 aromatic rings. The van der Waals surface area contributed by atoms with E-state index >= 15 is 0 Å². The number of carbonyl (C=O) groups excluding carboxylic acids is 1. The summed E-state index contributed by atoms with van der Waals surface area (Å²) < 4.78 is 6.49. The van der Waals surface area contributed by atoms with E-state index in [1.807, 2.05) is 0 Å². The largest absolute Gasteiger partial charge is 0.460 e. The van der Waals surface area contributed by atoms with Crippen molar-refractivity contribution in [2.75, 3.05) is 0 Å². The Balaban J connectivity index is 2.42. The van der Waals surface area contributed by atoms with Gasteiger partial charge in [-0.1, -0.05) is 11.6 Å². The lowest BCUT2D eigenvalue weighted by atomic mass is 10.1. The molecule has 0 spiro atoms. The highest BCUT2D eigenvalue weighted by Gasteiger charge is 2.16. The van der Waals surface area contributed by atoms with Crippen molar-refractivity contribution in [1.29, 1.82) is 0 Å². The Bertz CT molecular complexity index is 549. The highest BCUT2D eigenvalue weighted by molar-refractivity contribution is 9.10. The standard InChI is InChI=1S/C11H5Br2ClO2/c12-7-2-1-6(5-9(7)14)10(15)11-8(13)3-4-16-11/h1-5H. The van der Waals surface area contributed by atoms with Gasteiger partial charge in [-0.2, -0.15) is 0 Å². The van der Waals surface area contributed by atoms with Gasteiger partial charge < -0.3 is 4.42 Å². The minimum absolute atomic E-state index is 0.203. The summed E-state index contributed by atoms with van der Waals surface area (Å²) in [7, 11) is 0. The van der Waals surface area contributed by atoms with Gasteiger partial charge in [0.15, 0.2) is 5.76 Å². The van der Waals surface area contributed by atoms with Gasteiger partial charge in [0.25, 0.3) is 0 Å². The molecular formula is C11H5Br2ClO2. The van der Waals surface area contributed by atoms with Crippen LogP contribution in [0.15, 0.2) is 43.9 Å². The van der Waals surface area contributed by atoms with Crippen molar-refractivity contribution in [2.24, 2.45) is 0 Å². The molecule has 0 unspecified atom stereocenters. The Morgan fingerprint density at radius 1 is 1.19 bits per heavy atom. The Morgan fingerprint density at radius 2 is 1.94 bits per heavy atom. The molecule has 0 bridgehead atoms. The summed E-state index contributed by atoms with van der Waals surface area (Å²) in [6.07, 6.45) is 1.46. The van der Waals surface area contributed by atoms with Crippen LogP contribution in [0.25, 0.3) is 0 Å². The Labute approximate surface area is 114 Å². The number of carbonyl (C=O) groups is 1. The van der Waals surface area contributed by atoms with Crippen LogP contribution in [0, 0.1) is 0 Å². The van der Waals surface area contributed by atoms with Crippen LogP contribution in [0.3, 0.4) is 0 Å². The fourth-order valence-electron chi connectivity index (χ4n) is 1.22. The van der Waals surface area contributed by atoms with Crippen LogP contribution in [0.4, 0.5) is 0 Å². The Hall–Kier alpha value is -0.580. The first-order chi connectivity index (χ1) is 7.59. The smallest absolute Gasteiger partial charge is 0.229 e. The quantitative estimate of drug-likeness (QED) is 0.724. The van der Waals surface area contributed by atoms with E-state index < -0.39 is 0 Å². The van der Waals surface area contributed by atoms with Crippen LogP contribution in [0.2, 0.25) is 5.02 Å². The topological polar surface area (TPSA) is 30.2 Å². The zero-order valence-electron chi connectivity index (χ0n) is 7.84. The van der Waals surface area contributed by atoms with Crippen LogP contribution in [0.1, 0.15) is 16.1 Å². The maximum absolute atomic E-state index is 12.0. The molecule has 0 radical (unpaired) electrons. The molecule has 1 aromatic heterocycles. The first-order valence-electron chi connectivity index (χ1n) is 4.32. The van der Waals surface area contributed by atoms with Crippen molar-refractivity contribution in [3.05, 3.63) is 55.8 Å². The fourth-order valence-corrected chi connectivity index (χ4v) is 2.03. The monoisotopic (exact) mass is 362 g/mol. The predicted octanol–water partition coefficient (Wildman–Crippen LogP) is 4.69. The molecular weight excluding hydrogens is 359 g/mol. The average Bonchev–Trinajstić information content (AvgIpc) is 2.67. The molecule has 0 aliphatic carbocycles. The summed E-state index contributed by atoms with van der Waals surface area (Å²) in [5.74, 6) is 0.0738. The maximum Gasteiger partial charge on any atom is 0.229 e. The molecule has 0 N–H and O–H groups in total. The van der Waals surface area contributed by atoms with Crippen LogP contribution in [-0.4, -0.2) is 5.78 Å². The number of halogens is 3. The molecule has 2 nitrogen and oxygen atoms in total.